The lowest BCUT2D eigenvalue weighted by atomic mass is 10.3. The van der Waals surface area contributed by atoms with E-state index in [1.54, 1.807) is 6.92 Å². The maximum Gasteiger partial charge on any atom is 0.224 e. The summed E-state index contributed by atoms with van der Waals surface area (Å²) in [4.78, 5) is 10.0. The highest BCUT2D eigenvalue weighted by Gasteiger charge is 2.13. The van der Waals surface area contributed by atoms with E-state index in [-0.39, 0.29) is 5.28 Å². The van der Waals surface area contributed by atoms with Crippen molar-refractivity contribution in [1.29, 1.82) is 0 Å². The number of benzene rings is 1. The number of para-hydroxylation sites is 1. The normalized spacial score (nSPS) is 10.4. The zero-order valence-electron chi connectivity index (χ0n) is 9.48. The summed E-state index contributed by atoms with van der Waals surface area (Å²) in [6.45, 7) is 1.80. The van der Waals surface area contributed by atoms with Crippen LogP contribution in [0.2, 0.25) is 10.3 Å². The number of anilines is 2. The molecule has 1 heterocycles. The van der Waals surface area contributed by atoms with Crippen LogP contribution in [0, 0.1) is 6.92 Å². The lowest BCUT2D eigenvalue weighted by molar-refractivity contribution is 1.05. The van der Waals surface area contributed by atoms with Crippen LogP contribution in [0.4, 0.5) is 11.5 Å². The standard InChI is InChI=1S/C12H11Cl2N3/c1-8-10(13)11(16-12(14)15-8)17(2)9-6-4-3-5-7-9/h3-7H,1-2H3. The van der Waals surface area contributed by atoms with Crippen molar-refractivity contribution in [3.05, 3.63) is 46.3 Å². The number of nitrogens with zero attached hydrogens (tertiary/aromatic N) is 3. The van der Waals surface area contributed by atoms with Gasteiger partial charge in [-0.05, 0) is 30.7 Å². The summed E-state index contributed by atoms with van der Waals surface area (Å²) in [5.74, 6) is 0.607. The van der Waals surface area contributed by atoms with Crippen molar-refractivity contribution >= 4 is 34.7 Å². The van der Waals surface area contributed by atoms with Gasteiger partial charge in [0.2, 0.25) is 5.28 Å². The maximum absolute atomic E-state index is 6.18. The Morgan fingerprint density at radius 3 is 2.35 bits per heavy atom. The zero-order chi connectivity index (χ0) is 12.4. The van der Waals surface area contributed by atoms with Crippen molar-refractivity contribution < 1.29 is 0 Å². The van der Waals surface area contributed by atoms with Crippen LogP contribution >= 0.6 is 23.2 Å². The highest BCUT2D eigenvalue weighted by atomic mass is 35.5. The van der Waals surface area contributed by atoms with E-state index in [4.69, 9.17) is 23.2 Å². The Morgan fingerprint density at radius 2 is 1.71 bits per heavy atom. The van der Waals surface area contributed by atoms with Gasteiger partial charge in [0, 0.05) is 12.7 Å². The molecule has 2 aromatic rings. The zero-order valence-corrected chi connectivity index (χ0v) is 11.0. The quantitative estimate of drug-likeness (QED) is 0.774. The molecule has 0 atom stereocenters. The van der Waals surface area contributed by atoms with Crippen molar-refractivity contribution in [2.75, 3.05) is 11.9 Å². The van der Waals surface area contributed by atoms with Gasteiger partial charge in [0.1, 0.15) is 5.02 Å². The number of aryl methyl sites for hydroxylation is 1. The molecule has 0 unspecified atom stereocenters. The molecule has 0 radical (unpaired) electrons. The van der Waals surface area contributed by atoms with Crippen molar-refractivity contribution in [2.24, 2.45) is 0 Å². The highest BCUT2D eigenvalue weighted by molar-refractivity contribution is 6.34. The minimum absolute atomic E-state index is 0.199. The van der Waals surface area contributed by atoms with Gasteiger partial charge in [-0.15, -0.1) is 0 Å². The third-order valence-corrected chi connectivity index (χ3v) is 3.04. The topological polar surface area (TPSA) is 29.0 Å². The Morgan fingerprint density at radius 1 is 1.06 bits per heavy atom. The molecule has 2 rings (SSSR count). The van der Waals surface area contributed by atoms with E-state index in [9.17, 15) is 0 Å². The summed E-state index contributed by atoms with van der Waals surface area (Å²) in [5, 5.41) is 0.713. The van der Waals surface area contributed by atoms with Gasteiger partial charge in [0.15, 0.2) is 5.82 Å². The molecular weight excluding hydrogens is 257 g/mol. The summed E-state index contributed by atoms with van der Waals surface area (Å²) < 4.78 is 0. The van der Waals surface area contributed by atoms with Gasteiger partial charge < -0.3 is 4.90 Å². The molecule has 0 saturated heterocycles. The molecule has 88 valence electrons. The van der Waals surface area contributed by atoms with Crippen LogP contribution in [0.5, 0.6) is 0 Å². The van der Waals surface area contributed by atoms with Crippen molar-refractivity contribution in [3.63, 3.8) is 0 Å². The molecule has 0 saturated carbocycles. The minimum atomic E-state index is 0.199. The molecule has 0 bridgehead atoms. The summed E-state index contributed by atoms with van der Waals surface area (Å²) in [6.07, 6.45) is 0. The average Bonchev–Trinajstić information content (AvgIpc) is 2.34. The van der Waals surface area contributed by atoms with Crippen LogP contribution < -0.4 is 4.90 Å². The minimum Gasteiger partial charge on any atom is -0.328 e. The van der Waals surface area contributed by atoms with Gasteiger partial charge in [0.25, 0.3) is 0 Å². The number of hydrogen-bond donors (Lipinski definition) is 0. The number of hydrogen-bond acceptors (Lipinski definition) is 3. The first-order valence-electron chi connectivity index (χ1n) is 5.08. The second-order valence-corrected chi connectivity index (χ2v) is 4.33. The van der Waals surface area contributed by atoms with Gasteiger partial charge >= 0.3 is 0 Å². The molecule has 0 aliphatic carbocycles. The van der Waals surface area contributed by atoms with Gasteiger partial charge in [0.05, 0.1) is 5.69 Å². The lowest BCUT2D eigenvalue weighted by Crippen LogP contribution is -2.12. The smallest absolute Gasteiger partial charge is 0.224 e. The summed E-state index contributed by atoms with van der Waals surface area (Å²) in [6, 6.07) is 9.81. The second-order valence-electron chi connectivity index (χ2n) is 3.61. The number of halogens is 2. The van der Waals surface area contributed by atoms with Crippen molar-refractivity contribution in [3.8, 4) is 0 Å². The summed E-state index contributed by atoms with van der Waals surface area (Å²) in [7, 11) is 1.89. The largest absolute Gasteiger partial charge is 0.328 e. The molecule has 0 aliphatic rings. The van der Waals surface area contributed by atoms with Crippen LogP contribution in [0.25, 0.3) is 0 Å². The molecule has 0 fully saturated rings. The van der Waals surface area contributed by atoms with Crippen LogP contribution in [-0.4, -0.2) is 17.0 Å². The molecule has 17 heavy (non-hydrogen) atoms. The van der Waals surface area contributed by atoms with E-state index in [1.807, 2.05) is 42.3 Å². The average molecular weight is 268 g/mol. The molecule has 0 amide bonds. The lowest BCUT2D eigenvalue weighted by Gasteiger charge is -2.20. The molecule has 0 aliphatic heterocycles. The van der Waals surface area contributed by atoms with E-state index in [2.05, 4.69) is 9.97 Å². The van der Waals surface area contributed by atoms with E-state index < -0.39 is 0 Å². The predicted molar refractivity (Wildman–Crippen MR) is 71.3 cm³/mol. The van der Waals surface area contributed by atoms with E-state index in [0.29, 0.717) is 16.5 Å². The third kappa shape index (κ3) is 2.51. The Kier molecular flexibility index (Phi) is 3.50. The Labute approximate surface area is 110 Å². The first-order valence-corrected chi connectivity index (χ1v) is 5.83. The Bertz CT molecular complexity index is 529. The second kappa shape index (κ2) is 4.90. The monoisotopic (exact) mass is 267 g/mol. The fraction of sp³-hybridized carbons (Fsp3) is 0.167. The predicted octanol–water partition coefficient (Wildman–Crippen LogP) is 3.86. The summed E-state index contributed by atoms with van der Waals surface area (Å²) in [5.41, 5.74) is 1.66. The third-order valence-electron chi connectivity index (χ3n) is 2.43. The van der Waals surface area contributed by atoms with Crippen LogP contribution in [0.15, 0.2) is 30.3 Å². The molecular formula is C12H11Cl2N3. The molecule has 3 nitrogen and oxygen atoms in total. The Balaban J connectivity index is 2.48. The Hall–Kier alpha value is -1.32. The van der Waals surface area contributed by atoms with Crippen LogP contribution in [0.1, 0.15) is 5.69 Å². The fourth-order valence-electron chi connectivity index (χ4n) is 1.51. The van der Waals surface area contributed by atoms with Crippen molar-refractivity contribution in [1.82, 2.24) is 9.97 Å². The van der Waals surface area contributed by atoms with E-state index >= 15 is 0 Å². The fourth-order valence-corrected chi connectivity index (χ4v) is 1.92. The van der Waals surface area contributed by atoms with E-state index in [0.717, 1.165) is 5.69 Å². The van der Waals surface area contributed by atoms with Gasteiger partial charge in [-0.3, -0.25) is 0 Å². The molecule has 0 spiro atoms. The summed E-state index contributed by atoms with van der Waals surface area (Å²) >= 11 is 12.0. The van der Waals surface area contributed by atoms with E-state index in [1.165, 1.54) is 0 Å². The first-order chi connectivity index (χ1) is 8.09. The first kappa shape index (κ1) is 12.1. The van der Waals surface area contributed by atoms with Crippen LogP contribution in [-0.2, 0) is 0 Å². The number of aromatic nitrogens is 2. The van der Waals surface area contributed by atoms with Crippen molar-refractivity contribution in [2.45, 2.75) is 6.92 Å². The number of rotatable bonds is 2. The molecule has 0 N–H and O–H groups in total. The highest BCUT2D eigenvalue weighted by Crippen LogP contribution is 2.30. The van der Waals surface area contributed by atoms with Gasteiger partial charge in [-0.2, -0.15) is 4.98 Å². The molecule has 1 aromatic heterocycles. The van der Waals surface area contributed by atoms with Crippen LogP contribution in [0.3, 0.4) is 0 Å². The van der Waals surface area contributed by atoms with Gasteiger partial charge in [-0.25, -0.2) is 4.98 Å². The molecule has 5 heteroatoms. The maximum atomic E-state index is 6.18. The van der Waals surface area contributed by atoms with Gasteiger partial charge in [-0.1, -0.05) is 29.8 Å². The molecule has 1 aromatic carbocycles. The SMILES string of the molecule is Cc1nc(Cl)nc(N(C)c2ccccc2)c1Cl.